The fraction of sp³-hybridized carbons (Fsp3) is 0.455. The lowest BCUT2D eigenvalue weighted by Gasteiger charge is -2.36. The minimum Gasteiger partial charge on any atom is -0.465 e. The van der Waals surface area contributed by atoms with Crippen LogP contribution in [0.15, 0.2) is 24.3 Å². The highest BCUT2D eigenvalue weighted by molar-refractivity contribution is 7.17. The van der Waals surface area contributed by atoms with Crippen LogP contribution in [0.25, 0.3) is 0 Å². The van der Waals surface area contributed by atoms with Crippen LogP contribution in [0.2, 0.25) is 5.02 Å². The molecule has 6 heteroatoms. The Morgan fingerprint density at radius 2 is 2.04 bits per heavy atom. The quantitative estimate of drug-likeness (QED) is 0.606. The average molecular weight is 420 g/mol. The summed E-state index contributed by atoms with van der Waals surface area (Å²) in [6.07, 6.45) is 3.89. The second kappa shape index (κ2) is 8.26. The number of thiophene rings is 1. The topological polar surface area (TPSA) is 55.4 Å². The molecule has 1 N–H and O–H groups in total. The van der Waals surface area contributed by atoms with E-state index in [0.29, 0.717) is 27.1 Å². The number of ether oxygens (including phenoxy) is 1. The maximum atomic E-state index is 12.7. The first-order valence-electron chi connectivity index (χ1n) is 9.57. The van der Waals surface area contributed by atoms with Gasteiger partial charge in [0.15, 0.2) is 0 Å². The van der Waals surface area contributed by atoms with Crippen LogP contribution in [-0.2, 0) is 17.6 Å². The molecule has 0 saturated carbocycles. The number of halogens is 1. The van der Waals surface area contributed by atoms with Crippen molar-refractivity contribution in [3.05, 3.63) is 50.9 Å². The number of methoxy groups -OCH3 is 1. The molecule has 1 aromatic heterocycles. The number of rotatable bonds is 5. The monoisotopic (exact) mass is 419 g/mol. The highest BCUT2D eigenvalue weighted by Crippen LogP contribution is 2.45. The van der Waals surface area contributed by atoms with Crippen LogP contribution >= 0.6 is 22.9 Å². The van der Waals surface area contributed by atoms with Crippen molar-refractivity contribution in [1.82, 2.24) is 0 Å². The Balaban J connectivity index is 1.95. The van der Waals surface area contributed by atoms with Crippen LogP contribution in [0.1, 0.15) is 64.8 Å². The molecule has 4 nitrogen and oxygen atoms in total. The van der Waals surface area contributed by atoms with Crippen molar-refractivity contribution in [3.63, 3.8) is 0 Å². The van der Waals surface area contributed by atoms with E-state index in [2.05, 4.69) is 26.1 Å². The Morgan fingerprint density at radius 3 is 2.68 bits per heavy atom. The molecule has 1 aromatic carbocycles. The number of hydrogen-bond donors (Lipinski definition) is 1. The second-order valence-corrected chi connectivity index (χ2v) is 9.43. The van der Waals surface area contributed by atoms with Gasteiger partial charge in [0, 0.05) is 4.88 Å². The molecule has 0 aliphatic heterocycles. The molecule has 0 saturated heterocycles. The average Bonchev–Trinajstić information content (AvgIpc) is 3.04. The number of esters is 1. The van der Waals surface area contributed by atoms with E-state index in [0.717, 1.165) is 31.2 Å². The van der Waals surface area contributed by atoms with Crippen molar-refractivity contribution in [1.29, 1.82) is 0 Å². The van der Waals surface area contributed by atoms with Crippen molar-refractivity contribution < 1.29 is 14.3 Å². The van der Waals surface area contributed by atoms with E-state index in [1.807, 2.05) is 0 Å². The van der Waals surface area contributed by atoms with Gasteiger partial charge in [0.2, 0.25) is 0 Å². The molecule has 28 heavy (non-hydrogen) atoms. The van der Waals surface area contributed by atoms with Gasteiger partial charge in [-0.1, -0.05) is 50.9 Å². The van der Waals surface area contributed by atoms with Crippen molar-refractivity contribution in [2.24, 2.45) is 11.3 Å². The van der Waals surface area contributed by atoms with Gasteiger partial charge < -0.3 is 10.1 Å². The zero-order valence-corrected chi connectivity index (χ0v) is 18.3. The number of benzene rings is 1. The summed E-state index contributed by atoms with van der Waals surface area (Å²) in [5, 5.41) is 3.83. The summed E-state index contributed by atoms with van der Waals surface area (Å²) in [5.41, 5.74) is 2.15. The molecule has 1 heterocycles. The van der Waals surface area contributed by atoms with Gasteiger partial charge in [-0.3, -0.25) is 4.79 Å². The molecule has 1 amide bonds. The van der Waals surface area contributed by atoms with Gasteiger partial charge in [0.05, 0.1) is 23.3 Å². The van der Waals surface area contributed by atoms with Crippen LogP contribution in [0.4, 0.5) is 5.00 Å². The third kappa shape index (κ3) is 3.96. The van der Waals surface area contributed by atoms with Crippen molar-refractivity contribution in [3.8, 4) is 0 Å². The molecule has 0 fully saturated rings. The lowest BCUT2D eigenvalue weighted by Crippen LogP contribution is -2.28. The number of hydrogen-bond acceptors (Lipinski definition) is 4. The van der Waals surface area contributed by atoms with Gasteiger partial charge in [0.1, 0.15) is 5.00 Å². The molecule has 0 radical (unpaired) electrons. The van der Waals surface area contributed by atoms with E-state index in [4.69, 9.17) is 16.3 Å². The molecule has 1 aliphatic rings. The highest BCUT2D eigenvalue weighted by Gasteiger charge is 2.35. The fourth-order valence-corrected chi connectivity index (χ4v) is 5.30. The molecule has 2 aromatic rings. The first-order chi connectivity index (χ1) is 13.3. The Labute approximate surface area is 175 Å². The van der Waals surface area contributed by atoms with Crippen LogP contribution in [0.3, 0.4) is 0 Å². The van der Waals surface area contributed by atoms with Crippen LogP contribution in [0.5, 0.6) is 0 Å². The van der Waals surface area contributed by atoms with Crippen LogP contribution in [-0.4, -0.2) is 19.0 Å². The number of fused-ring (bicyclic) bond motifs is 1. The number of anilines is 1. The summed E-state index contributed by atoms with van der Waals surface area (Å²) in [6, 6.07) is 6.88. The maximum absolute atomic E-state index is 12.7. The minimum absolute atomic E-state index is 0.244. The summed E-state index contributed by atoms with van der Waals surface area (Å²) >= 11 is 7.64. The molecule has 1 unspecified atom stereocenters. The highest BCUT2D eigenvalue weighted by atomic mass is 35.5. The lowest BCUT2D eigenvalue weighted by molar-refractivity contribution is 0.0600. The molecule has 1 atom stereocenters. The van der Waals surface area contributed by atoms with E-state index >= 15 is 0 Å². The van der Waals surface area contributed by atoms with Crippen molar-refractivity contribution in [2.75, 3.05) is 12.4 Å². The molecule has 1 aliphatic carbocycles. The van der Waals surface area contributed by atoms with E-state index in [1.165, 1.54) is 23.3 Å². The molecule has 0 bridgehead atoms. The lowest BCUT2D eigenvalue weighted by atomic mass is 9.69. The summed E-state index contributed by atoms with van der Waals surface area (Å²) < 4.78 is 5.02. The SMILES string of the molecule is CCC(C)(C)C1CCc2c(sc(NC(=O)c3ccccc3Cl)c2C(=O)OC)C1. The van der Waals surface area contributed by atoms with Gasteiger partial charge in [-0.05, 0) is 48.3 Å². The van der Waals surface area contributed by atoms with Crippen LogP contribution < -0.4 is 5.32 Å². The minimum atomic E-state index is -0.403. The maximum Gasteiger partial charge on any atom is 0.341 e. The Bertz CT molecular complexity index is 903. The van der Waals surface area contributed by atoms with Gasteiger partial charge >= 0.3 is 5.97 Å². The third-order valence-electron chi connectivity index (χ3n) is 6.02. The third-order valence-corrected chi connectivity index (χ3v) is 7.52. The van der Waals surface area contributed by atoms with Crippen molar-refractivity contribution in [2.45, 2.75) is 46.5 Å². The summed E-state index contributed by atoms with van der Waals surface area (Å²) in [4.78, 5) is 26.4. The predicted octanol–water partition coefficient (Wildman–Crippen LogP) is 5.98. The molecule has 0 spiro atoms. The van der Waals surface area contributed by atoms with Gasteiger partial charge in [-0.15, -0.1) is 11.3 Å². The number of nitrogens with one attached hydrogen (secondary N) is 1. The molecule has 3 rings (SSSR count). The van der Waals surface area contributed by atoms with Gasteiger partial charge in [-0.2, -0.15) is 0 Å². The summed E-state index contributed by atoms with van der Waals surface area (Å²) in [6.45, 7) is 6.83. The Kier molecular flexibility index (Phi) is 6.15. The summed E-state index contributed by atoms with van der Waals surface area (Å²) in [7, 11) is 1.37. The molecular weight excluding hydrogens is 394 g/mol. The first-order valence-corrected chi connectivity index (χ1v) is 10.8. The van der Waals surface area contributed by atoms with Crippen LogP contribution in [0, 0.1) is 11.3 Å². The zero-order valence-electron chi connectivity index (χ0n) is 16.7. The first kappa shape index (κ1) is 20.9. The normalized spacial score (nSPS) is 16.4. The molecular formula is C22H26ClNO3S. The van der Waals surface area contributed by atoms with E-state index in [-0.39, 0.29) is 11.3 Å². The zero-order chi connectivity index (χ0) is 20.5. The van der Waals surface area contributed by atoms with Gasteiger partial charge in [0.25, 0.3) is 5.91 Å². The number of carbonyl (C=O) groups excluding carboxylic acids is 2. The Morgan fingerprint density at radius 1 is 1.32 bits per heavy atom. The second-order valence-electron chi connectivity index (χ2n) is 7.92. The number of amides is 1. The fourth-order valence-electron chi connectivity index (χ4n) is 3.76. The van der Waals surface area contributed by atoms with E-state index < -0.39 is 5.97 Å². The van der Waals surface area contributed by atoms with E-state index in [9.17, 15) is 9.59 Å². The Hall–Kier alpha value is -1.85. The predicted molar refractivity (Wildman–Crippen MR) is 115 cm³/mol. The van der Waals surface area contributed by atoms with Crippen molar-refractivity contribution >= 4 is 39.8 Å². The number of carbonyl (C=O) groups is 2. The molecule has 150 valence electrons. The smallest absolute Gasteiger partial charge is 0.341 e. The summed E-state index contributed by atoms with van der Waals surface area (Å²) in [5.74, 6) is -0.166. The van der Waals surface area contributed by atoms with E-state index in [1.54, 1.807) is 24.3 Å². The largest absolute Gasteiger partial charge is 0.465 e. The van der Waals surface area contributed by atoms with Gasteiger partial charge in [-0.25, -0.2) is 4.79 Å². The standard InChI is InChI=1S/C22H26ClNO3S/c1-5-22(2,3)13-10-11-15-17(12-13)28-20(18(15)21(26)27-4)24-19(25)14-8-6-7-9-16(14)23/h6-9,13H,5,10-12H2,1-4H3,(H,24,25).